The van der Waals surface area contributed by atoms with Gasteiger partial charge in [-0.3, -0.25) is 4.79 Å². The maximum absolute atomic E-state index is 14.2. The lowest BCUT2D eigenvalue weighted by molar-refractivity contribution is -0.0445. The molecule has 0 saturated heterocycles. The number of Topliss-reactive ketones (excluding diaryl/α,β-unsaturated/α-hetero) is 1. The van der Waals surface area contributed by atoms with Gasteiger partial charge in [0.1, 0.15) is 18.0 Å². The Balaban J connectivity index is 1.62. The Kier molecular flexibility index (Phi) is 8.60. The van der Waals surface area contributed by atoms with Gasteiger partial charge in [-0.2, -0.15) is 0 Å². The highest BCUT2D eigenvalue weighted by Gasteiger charge is 2.38. The van der Waals surface area contributed by atoms with Gasteiger partial charge in [-0.05, 0) is 34.9 Å². The minimum absolute atomic E-state index is 0.0275. The fourth-order valence-corrected chi connectivity index (χ4v) is 4.49. The SMILES string of the molecule is C=C[C@@H](COC(c1ccccc1)(c1ccccc1)c1ccccc1)OCC(=O)c1cc(Br)ccc1F. The van der Waals surface area contributed by atoms with Crippen LogP contribution in [0.3, 0.4) is 0 Å². The Morgan fingerprint density at radius 1 is 0.861 bits per heavy atom. The van der Waals surface area contributed by atoms with Gasteiger partial charge < -0.3 is 9.47 Å². The molecule has 4 rings (SSSR count). The number of halogens is 2. The lowest BCUT2D eigenvalue weighted by atomic mass is 9.80. The fraction of sp³-hybridized carbons (Fsp3) is 0.129. The number of rotatable bonds is 11. The van der Waals surface area contributed by atoms with Crippen molar-refractivity contribution in [2.24, 2.45) is 0 Å². The zero-order valence-electron chi connectivity index (χ0n) is 19.6. The van der Waals surface area contributed by atoms with Crippen LogP contribution >= 0.6 is 15.9 Å². The number of ketones is 1. The second-order valence-corrected chi connectivity index (χ2v) is 9.14. The van der Waals surface area contributed by atoms with Crippen LogP contribution in [0.4, 0.5) is 4.39 Å². The van der Waals surface area contributed by atoms with Gasteiger partial charge in [0.2, 0.25) is 0 Å². The summed E-state index contributed by atoms with van der Waals surface area (Å²) in [6.45, 7) is 3.68. The first-order chi connectivity index (χ1) is 17.5. The van der Waals surface area contributed by atoms with Crippen LogP contribution in [0.2, 0.25) is 0 Å². The molecule has 0 radical (unpaired) electrons. The lowest BCUT2D eigenvalue weighted by Crippen LogP contribution is -2.36. The molecule has 4 aromatic carbocycles. The quantitative estimate of drug-likeness (QED) is 0.112. The van der Waals surface area contributed by atoms with Crippen LogP contribution in [0.1, 0.15) is 27.0 Å². The van der Waals surface area contributed by atoms with Crippen LogP contribution in [0.5, 0.6) is 0 Å². The largest absolute Gasteiger partial charge is 0.364 e. The van der Waals surface area contributed by atoms with Crippen molar-refractivity contribution in [1.82, 2.24) is 0 Å². The average molecular weight is 545 g/mol. The van der Waals surface area contributed by atoms with Crippen LogP contribution in [0.25, 0.3) is 0 Å². The number of hydrogen-bond acceptors (Lipinski definition) is 3. The third kappa shape index (κ3) is 5.71. The molecular weight excluding hydrogens is 519 g/mol. The highest BCUT2D eigenvalue weighted by Crippen LogP contribution is 2.40. The smallest absolute Gasteiger partial charge is 0.191 e. The molecule has 5 heteroatoms. The van der Waals surface area contributed by atoms with E-state index in [9.17, 15) is 9.18 Å². The van der Waals surface area contributed by atoms with Crippen molar-refractivity contribution in [1.29, 1.82) is 0 Å². The molecule has 1 atom stereocenters. The van der Waals surface area contributed by atoms with E-state index in [1.54, 1.807) is 12.1 Å². The molecule has 0 spiro atoms. The Labute approximate surface area is 219 Å². The molecule has 182 valence electrons. The van der Waals surface area contributed by atoms with Gasteiger partial charge in [0, 0.05) is 4.47 Å². The zero-order valence-corrected chi connectivity index (χ0v) is 21.2. The topological polar surface area (TPSA) is 35.5 Å². The van der Waals surface area contributed by atoms with E-state index in [-0.39, 0.29) is 18.8 Å². The summed E-state index contributed by atoms with van der Waals surface area (Å²) < 4.78 is 27.3. The number of benzene rings is 4. The van der Waals surface area contributed by atoms with Crippen LogP contribution in [0.15, 0.2) is 126 Å². The van der Waals surface area contributed by atoms with Crippen LogP contribution in [-0.2, 0) is 15.1 Å². The molecule has 0 unspecified atom stereocenters. The zero-order chi connectivity index (χ0) is 25.4. The van der Waals surface area contributed by atoms with E-state index in [4.69, 9.17) is 9.47 Å². The van der Waals surface area contributed by atoms with E-state index in [0.29, 0.717) is 4.47 Å². The highest BCUT2D eigenvalue weighted by molar-refractivity contribution is 9.10. The van der Waals surface area contributed by atoms with Crippen molar-refractivity contribution < 1.29 is 18.7 Å². The third-order valence-corrected chi connectivity index (χ3v) is 6.42. The van der Waals surface area contributed by atoms with Crippen LogP contribution in [0, 0.1) is 5.82 Å². The van der Waals surface area contributed by atoms with Crippen LogP contribution in [-0.4, -0.2) is 25.1 Å². The molecule has 3 nitrogen and oxygen atoms in total. The van der Waals surface area contributed by atoms with Crippen molar-refractivity contribution in [3.05, 3.63) is 154 Å². The predicted molar refractivity (Wildman–Crippen MR) is 144 cm³/mol. The van der Waals surface area contributed by atoms with E-state index in [2.05, 4.69) is 22.5 Å². The summed E-state index contributed by atoms with van der Waals surface area (Å²) in [6, 6.07) is 34.2. The Hall–Kier alpha value is -3.38. The van der Waals surface area contributed by atoms with E-state index in [1.807, 2.05) is 91.0 Å². The standard InChI is InChI=1S/C31H26BrFO3/c1-2-27(35-22-30(34)28-20-26(32)18-19-29(28)33)21-36-31(23-12-6-3-7-13-23,24-14-8-4-9-15-24)25-16-10-5-11-17-25/h2-20,27H,1,21-22H2/t27-/m0/s1. The van der Waals surface area contributed by atoms with Crippen molar-refractivity contribution in [2.45, 2.75) is 11.7 Å². The summed E-state index contributed by atoms with van der Waals surface area (Å²) in [5.41, 5.74) is 1.92. The minimum atomic E-state index is -0.922. The van der Waals surface area contributed by atoms with Gasteiger partial charge in [-0.15, -0.1) is 6.58 Å². The first-order valence-electron chi connectivity index (χ1n) is 11.6. The number of carbonyl (C=O) groups excluding carboxylic acids is 1. The van der Waals surface area contributed by atoms with E-state index < -0.39 is 23.3 Å². The normalized spacial score (nSPS) is 12.2. The summed E-state index contributed by atoms with van der Waals surface area (Å²) in [6.07, 6.45) is 0.996. The second kappa shape index (κ2) is 12.0. The summed E-state index contributed by atoms with van der Waals surface area (Å²) in [4.78, 5) is 12.6. The summed E-state index contributed by atoms with van der Waals surface area (Å²) >= 11 is 3.28. The first-order valence-corrected chi connectivity index (χ1v) is 12.4. The molecule has 0 aliphatic heterocycles. The maximum Gasteiger partial charge on any atom is 0.191 e. The molecule has 0 aliphatic rings. The number of hydrogen-bond donors (Lipinski definition) is 0. The van der Waals surface area contributed by atoms with Crippen molar-refractivity contribution in [2.75, 3.05) is 13.2 Å². The molecule has 0 amide bonds. The molecule has 4 aromatic rings. The fourth-order valence-electron chi connectivity index (χ4n) is 4.13. The minimum Gasteiger partial charge on any atom is -0.364 e. The molecule has 0 N–H and O–H groups in total. The molecule has 0 bridgehead atoms. The van der Waals surface area contributed by atoms with Crippen LogP contribution < -0.4 is 0 Å². The Bertz CT molecular complexity index is 1200. The Morgan fingerprint density at radius 3 is 1.83 bits per heavy atom. The van der Waals surface area contributed by atoms with Crippen molar-refractivity contribution >= 4 is 21.7 Å². The maximum atomic E-state index is 14.2. The number of ether oxygens (including phenoxy) is 2. The van der Waals surface area contributed by atoms with Gasteiger partial charge in [0.25, 0.3) is 0 Å². The van der Waals surface area contributed by atoms with Gasteiger partial charge in [-0.1, -0.05) is 113 Å². The predicted octanol–water partition coefficient (Wildman–Crippen LogP) is 7.35. The van der Waals surface area contributed by atoms with Gasteiger partial charge in [-0.25, -0.2) is 4.39 Å². The summed E-state index contributed by atoms with van der Waals surface area (Å²) in [5.74, 6) is -1.05. The van der Waals surface area contributed by atoms with E-state index in [0.717, 1.165) is 16.7 Å². The molecule has 0 heterocycles. The molecule has 0 saturated carbocycles. The number of carbonyl (C=O) groups is 1. The molecule has 36 heavy (non-hydrogen) atoms. The first kappa shape index (κ1) is 25.7. The molecule has 0 aromatic heterocycles. The molecule has 0 fully saturated rings. The van der Waals surface area contributed by atoms with Gasteiger partial charge >= 0.3 is 0 Å². The summed E-state index contributed by atoms with van der Waals surface area (Å²) in [5, 5.41) is 0. The molecule has 0 aliphatic carbocycles. The van der Waals surface area contributed by atoms with Crippen molar-refractivity contribution in [3.63, 3.8) is 0 Å². The van der Waals surface area contributed by atoms with Gasteiger partial charge in [0.05, 0.1) is 18.3 Å². The molecular formula is C31H26BrFO3. The van der Waals surface area contributed by atoms with Gasteiger partial charge in [0.15, 0.2) is 5.78 Å². The average Bonchev–Trinajstić information content (AvgIpc) is 2.93. The van der Waals surface area contributed by atoms with E-state index in [1.165, 1.54) is 12.1 Å². The van der Waals surface area contributed by atoms with E-state index >= 15 is 0 Å². The van der Waals surface area contributed by atoms with Crippen molar-refractivity contribution in [3.8, 4) is 0 Å². The monoisotopic (exact) mass is 544 g/mol. The highest BCUT2D eigenvalue weighted by atomic mass is 79.9. The lowest BCUT2D eigenvalue weighted by Gasteiger charge is -2.36. The Morgan fingerprint density at radius 2 is 1.36 bits per heavy atom. The third-order valence-electron chi connectivity index (χ3n) is 5.93. The second-order valence-electron chi connectivity index (χ2n) is 8.22. The summed E-state index contributed by atoms with van der Waals surface area (Å²) in [7, 11) is 0.